The second kappa shape index (κ2) is 7.67. The van der Waals surface area contributed by atoms with E-state index in [9.17, 15) is 4.79 Å². The van der Waals surface area contributed by atoms with Gasteiger partial charge < -0.3 is 11.1 Å². The number of nitrogens with two attached hydrogens (primary N) is 1. The van der Waals surface area contributed by atoms with Crippen molar-refractivity contribution in [2.24, 2.45) is 5.73 Å². The zero-order valence-corrected chi connectivity index (χ0v) is 13.3. The predicted molar refractivity (Wildman–Crippen MR) is 80.8 cm³/mol. The van der Waals surface area contributed by atoms with Crippen molar-refractivity contribution in [1.82, 2.24) is 15.3 Å². The van der Waals surface area contributed by atoms with Crippen LogP contribution >= 0.6 is 24.2 Å². The summed E-state index contributed by atoms with van der Waals surface area (Å²) in [6, 6.07) is 1.90. The van der Waals surface area contributed by atoms with Gasteiger partial charge in [0.15, 0.2) is 5.16 Å². The molecule has 0 radical (unpaired) electrons. The summed E-state index contributed by atoms with van der Waals surface area (Å²) in [5, 5.41) is 3.50. The van der Waals surface area contributed by atoms with Crippen molar-refractivity contribution in [1.29, 1.82) is 0 Å². The summed E-state index contributed by atoms with van der Waals surface area (Å²) < 4.78 is 0. The van der Waals surface area contributed by atoms with Crippen LogP contribution in [0.1, 0.15) is 25.2 Å². The van der Waals surface area contributed by atoms with E-state index >= 15 is 0 Å². The lowest BCUT2D eigenvalue weighted by molar-refractivity contribution is -0.120. The van der Waals surface area contributed by atoms with Crippen LogP contribution < -0.4 is 11.1 Å². The maximum Gasteiger partial charge on any atom is 0.230 e. The summed E-state index contributed by atoms with van der Waals surface area (Å²) in [6.07, 6.45) is 0. The minimum absolute atomic E-state index is 0. The highest BCUT2D eigenvalue weighted by molar-refractivity contribution is 7.99. The Morgan fingerprint density at radius 3 is 2.37 bits per heavy atom. The van der Waals surface area contributed by atoms with Gasteiger partial charge in [0.05, 0.1) is 5.75 Å². The molecule has 1 aromatic heterocycles. The number of carbonyl (C=O) groups excluding carboxylic acids is 1. The molecule has 19 heavy (non-hydrogen) atoms. The van der Waals surface area contributed by atoms with Gasteiger partial charge in [-0.3, -0.25) is 4.79 Å². The lowest BCUT2D eigenvalue weighted by Gasteiger charge is -2.23. The second-order valence-corrected chi connectivity index (χ2v) is 5.80. The maximum absolute atomic E-state index is 11.7. The van der Waals surface area contributed by atoms with Crippen molar-refractivity contribution in [2.45, 2.75) is 38.4 Å². The number of thioether (sulfide) groups is 1. The highest BCUT2D eigenvalue weighted by Crippen LogP contribution is 2.14. The molecule has 1 heterocycles. The van der Waals surface area contributed by atoms with Gasteiger partial charge in [0.2, 0.25) is 5.91 Å². The Balaban J connectivity index is 0.00000324. The number of amides is 1. The van der Waals surface area contributed by atoms with Crippen LogP contribution in [0.4, 0.5) is 0 Å². The molecule has 0 aromatic carbocycles. The normalized spacial score (nSPS) is 10.8. The highest BCUT2D eigenvalue weighted by Gasteiger charge is 2.18. The summed E-state index contributed by atoms with van der Waals surface area (Å²) in [5.41, 5.74) is 7.00. The van der Waals surface area contributed by atoms with E-state index in [1.54, 1.807) is 0 Å². The van der Waals surface area contributed by atoms with Gasteiger partial charge in [-0.2, -0.15) is 0 Å². The van der Waals surface area contributed by atoms with Crippen LogP contribution in [0.3, 0.4) is 0 Å². The van der Waals surface area contributed by atoms with Crippen LogP contribution in [0.15, 0.2) is 11.2 Å². The number of rotatable bonds is 5. The minimum Gasteiger partial charge on any atom is -0.349 e. The van der Waals surface area contributed by atoms with Crippen LogP contribution in [-0.4, -0.2) is 33.7 Å². The Morgan fingerprint density at radius 2 is 1.89 bits per heavy atom. The van der Waals surface area contributed by atoms with Gasteiger partial charge in [0, 0.05) is 23.5 Å². The zero-order chi connectivity index (χ0) is 13.8. The van der Waals surface area contributed by atoms with Crippen molar-refractivity contribution in [3.63, 3.8) is 0 Å². The van der Waals surface area contributed by atoms with E-state index in [-0.39, 0.29) is 23.9 Å². The largest absolute Gasteiger partial charge is 0.349 e. The molecule has 0 aliphatic rings. The molecule has 7 heteroatoms. The Kier molecular flexibility index (Phi) is 7.33. The number of hydrogen-bond acceptors (Lipinski definition) is 5. The smallest absolute Gasteiger partial charge is 0.230 e. The summed E-state index contributed by atoms with van der Waals surface area (Å²) >= 11 is 1.33. The predicted octanol–water partition coefficient (Wildman–Crippen LogP) is 1.46. The van der Waals surface area contributed by atoms with E-state index in [0.29, 0.717) is 17.5 Å². The first-order chi connectivity index (χ1) is 8.32. The van der Waals surface area contributed by atoms with Crippen LogP contribution in [0.2, 0.25) is 0 Å². The molecule has 108 valence electrons. The van der Waals surface area contributed by atoms with E-state index in [1.165, 1.54) is 11.8 Å². The third-order valence-corrected chi connectivity index (χ3v) is 3.13. The fraction of sp³-hybridized carbons (Fsp3) is 0.583. The van der Waals surface area contributed by atoms with Gasteiger partial charge in [-0.15, -0.1) is 12.4 Å². The monoisotopic (exact) mass is 304 g/mol. The standard InChI is InChI=1S/C12H20N4OS.ClH/c1-8-5-9(2)15-11(14-8)18-6-10(17)16-12(3,4)7-13;/h5H,6-7,13H2,1-4H3,(H,16,17);1H. The molecular weight excluding hydrogens is 284 g/mol. The Morgan fingerprint density at radius 1 is 1.37 bits per heavy atom. The van der Waals surface area contributed by atoms with Crippen LogP contribution in [0.25, 0.3) is 0 Å². The molecule has 0 saturated heterocycles. The highest BCUT2D eigenvalue weighted by atomic mass is 35.5. The van der Waals surface area contributed by atoms with E-state index in [1.807, 2.05) is 33.8 Å². The van der Waals surface area contributed by atoms with E-state index in [0.717, 1.165) is 11.4 Å². The number of aromatic nitrogens is 2. The number of nitrogens with zero attached hydrogens (tertiary/aromatic N) is 2. The van der Waals surface area contributed by atoms with Crippen molar-refractivity contribution in [3.8, 4) is 0 Å². The molecule has 3 N–H and O–H groups in total. The lowest BCUT2D eigenvalue weighted by atomic mass is 10.1. The zero-order valence-electron chi connectivity index (χ0n) is 11.7. The van der Waals surface area contributed by atoms with E-state index in [4.69, 9.17) is 5.73 Å². The van der Waals surface area contributed by atoms with Crippen LogP contribution in [-0.2, 0) is 4.79 Å². The van der Waals surface area contributed by atoms with Gasteiger partial charge >= 0.3 is 0 Å². The second-order valence-electron chi connectivity index (χ2n) is 4.86. The first-order valence-corrected chi connectivity index (χ1v) is 6.77. The fourth-order valence-corrected chi connectivity index (χ4v) is 2.10. The van der Waals surface area contributed by atoms with Gasteiger partial charge in [0.25, 0.3) is 0 Å². The Bertz CT molecular complexity index is 419. The van der Waals surface area contributed by atoms with Gasteiger partial charge in [0.1, 0.15) is 0 Å². The van der Waals surface area contributed by atoms with E-state index in [2.05, 4.69) is 15.3 Å². The molecule has 0 unspecified atom stereocenters. The minimum atomic E-state index is -0.374. The molecule has 1 amide bonds. The lowest BCUT2D eigenvalue weighted by Crippen LogP contribution is -2.49. The molecule has 1 aromatic rings. The van der Waals surface area contributed by atoms with Gasteiger partial charge in [-0.05, 0) is 33.8 Å². The molecular formula is C12H21ClN4OS. The topological polar surface area (TPSA) is 80.9 Å². The fourth-order valence-electron chi connectivity index (χ4n) is 1.35. The Hall–Kier alpha value is -0.850. The third kappa shape index (κ3) is 6.75. The molecule has 0 fully saturated rings. The maximum atomic E-state index is 11.7. The first kappa shape index (κ1) is 18.1. The van der Waals surface area contributed by atoms with E-state index < -0.39 is 0 Å². The number of hydrogen-bond donors (Lipinski definition) is 2. The molecule has 0 aliphatic carbocycles. The average molecular weight is 305 g/mol. The van der Waals surface area contributed by atoms with Crippen molar-refractivity contribution >= 4 is 30.1 Å². The molecule has 0 spiro atoms. The number of carbonyl (C=O) groups is 1. The van der Waals surface area contributed by atoms with Crippen molar-refractivity contribution in [3.05, 3.63) is 17.5 Å². The summed E-state index contributed by atoms with van der Waals surface area (Å²) in [7, 11) is 0. The number of halogens is 1. The molecule has 0 atom stereocenters. The average Bonchev–Trinajstić information content (AvgIpc) is 2.24. The summed E-state index contributed by atoms with van der Waals surface area (Å²) in [5.74, 6) is 0.241. The third-order valence-electron chi connectivity index (χ3n) is 2.28. The summed E-state index contributed by atoms with van der Waals surface area (Å²) in [6.45, 7) is 8.02. The molecule has 0 aliphatic heterocycles. The molecule has 5 nitrogen and oxygen atoms in total. The quantitative estimate of drug-likeness (QED) is 0.636. The molecule has 0 bridgehead atoms. The SMILES string of the molecule is Cc1cc(C)nc(SCC(=O)NC(C)(C)CN)n1.Cl. The molecule has 0 saturated carbocycles. The Labute approximate surface area is 124 Å². The number of nitrogens with one attached hydrogen (secondary N) is 1. The van der Waals surface area contributed by atoms with Crippen molar-refractivity contribution < 1.29 is 4.79 Å². The van der Waals surface area contributed by atoms with Gasteiger partial charge in [-0.25, -0.2) is 9.97 Å². The number of aryl methyl sites for hydroxylation is 2. The van der Waals surface area contributed by atoms with Crippen LogP contribution in [0.5, 0.6) is 0 Å². The first-order valence-electron chi connectivity index (χ1n) is 5.78. The molecule has 1 rings (SSSR count). The van der Waals surface area contributed by atoms with Gasteiger partial charge in [-0.1, -0.05) is 11.8 Å². The van der Waals surface area contributed by atoms with Crippen molar-refractivity contribution in [2.75, 3.05) is 12.3 Å². The van der Waals surface area contributed by atoms with Crippen LogP contribution in [0, 0.1) is 13.8 Å². The summed E-state index contributed by atoms with van der Waals surface area (Å²) in [4.78, 5) is 20.3.